The van der Waals surface area contributed by atoms with Crippen LogP contribution in [0.2, 0.25) is 0 Å². The van der Waals surface area contributed by atoms with Crippen LogP contribution in [0.15, 0.2) is 28.8 Å². The minimum Gasteiger partial charge on any atom is -0.454 e. The molecule has 0 unspecified atom stereocenters. The van der Waals surface area contributed by atoms with Crippen LogP contribution in [0.3, 0.4) is 0 Å². The number of piperidine rings is 1. The summed E-state index contributed by atoms with van der Waals surface area (Å²) in [6.45, 7) is 4.41. The average Bonchev–Trinajstić information content (AvgIpc) is 3.30. The molecule has 1 aromatic heterocycles. The Labute approximate surface area is 151 Å². The molecule has 0 bridgehead atoms. The lowest BCUT2D eigenvalue weighted by atomic mass is 9.99. The largest absolute Gasteiger partial charge is 0.454 e. The van der Waals surface area contributed by atoms with Crippen molar-refractivity contribution in [3.8, 4) is 22.8 Å². The van der Waals surface area contributed by atoms with E-state index in [1.54, 1.807) is 0 Å². The zero-order chi connectivity index (χ0) is 17.9. The molecule has 0 saturated carbocycles. The second kappa shape index (κ2) is 7.37. The van der Waals surface area contributed by atoms with Crippen LogP contribution >= 0.6 is 0 Å². The Morgan fingerprint density at radius 1 is 1.23 bits per heavy atom. The number of benzene rings is 1. The first-order valence-electron chi connectivity index (χ1n) is 8.90. The molecule has 7 nitrogen and oxygen atoms in total. The fourth-order valence-corrected chi connectivity index (χ4v) is 3.16. The number of carbonyl (C=O) groups excluding carboxylic acids is 1. The van der Waals surface area contributed by atoms with Crippen molar-refractivity contribution in [3.63, 3.8) is 0 Å². The van der Waals surface area contributed by atoms with Gasteiger partial charge in [-0.2, -0.15) is 0 Å². The SMILES string of the molecule is CC1CCN(C(=O)COCc2cc(-c3ccc4c(c3)OCO4)on2)CC1. The summed E-state index contributed by atoms with van der Waals surface area (Å²) in [5.41, 5.74) is 1.50. The van der Waals surface area contributed by atoms with E-state index in [0.717, 1.165) is 37.2 Å². The number of aromatic nitrogens is 1. The molecule has 138 valence electrons. The Morgan fingerprint density at radius 3 is 2.88 bits per heavy atom. The highest BCUT2D eigenvalue weighted by Crippen LogP contribution is 2.36. The van der Waals surface area contributed by atoms with E-state index in [2.05, 4.69) is 12.1 Å². The number of rotatable bonds is 5. The smallest absolute Gasteiger partial charge is 0.248 e. The molecule has 1 fully saturated rings. The number of carbonyl (C=O) groups is 1. The van der Waals surface area contributed by atoms with Crippen molar-refractivity contribution in [1.29, 1.82) is 0 Å². The van der Waals surface area contributed by atoms with Gasteiger partial charge < -0.3 is 23.6 Å². The third-order valence-corrected chi connectivity index (χ3v) is 4.83. The zero-order valence-electron chi connectivity index (χ0n) is 14.8. The van der Waals surface area contributed by atoms with Gasteiger partial charge in [0.15, 0.2) is 17.3 Å². The fraction of sp³-hybridized carbons (Fsp3) is 0.474. The monoisotopic (exact) mass is 358 g/mol. The fourth-order valence-electron chi connectivity index (χ4n) is 3.16. The number of hydrogen-bond donors (Lipinski definition) is 0. The van der Waals surface area contributed by atoms with Gasteiger partial charge in [0.1, 0.15) is 12.3 Å². The standard InChI is InChI=1S/C19H22N2O5/c1-13-4-6-21(7-5-13)19(22)11-23-10-15-9-17(26-20-15)14-2-3-16-18(8-14)25-12-24-16/h2-3,8-9,13H,4-7,10-12H2,1H3. The lowest BCUT2D eigenvalue weighted by Gasteiger charge is -2.30. The summed E-state index contributed by atoms with van der Waals surface area (Å²) in [5.74, 6) is 2.78. The topological polar surface area (TPSA) is 74.0 Å². The van der Waals surface area contributed by atoms with E-state index in [0.29, 0.717) is 23.1 Å². The van der Waals surface area contributed by atoms with Gasteiger partial charge >= 0.3 is 0 Å². The summed E-state index contributed by atoms with van der Waals surface area (Å²) in [6.07, 6.45) is 2.13. The maximum absolute atomic E-state index is 12.2. The quantitative estimate of drug-likeness (QED) is 0.818. The number of likely N-dealkylation sites (tertiary alicyclic amines) is 1. The van der Waals surface area contributed by atoms with Crippen LogP contribution in [-0.4, -0.2) is 42.5 Å². The minimum absolute atomic E-state index is 0.0383. The van der Waals surface area contributed by atoms with Gasteiger partial charge in [-0.25, -0.2) is 0 Å². The maximum atomic E-state index is 12.2. The highest BCUT2D eigenvalue weighted by Gasteiger charge is 2.20. The molecule has 2 aliphatic rings. The lowest BCUT2D eigenvalue weighted by Crippen LogP contribution is -2.39. The van der Waals surface area contributed by atoms with E-state index < -0.39 is 0 Å². The summed E-state index contributed by atoms with van der Waals surface area (Å²) in [6, 6.07) is 7.40. The molecular formula is C19H22N2O5. The highest BCUT2D eigenvalue weighted by atomic mass is 16.7. The predicted molar refractivity (Wildman–Crippen MR) is 92.7 cm³/mol. The summed E-state index contributed by atoms with van der Waals surface area (Å²) >= 11 is 0. The number of amides is 1. The van der Waals surface area contributed by atoms with Crippen LogP contribution in [0.1, 0.15) is 25.5 Å². The number of fused-ring (bicyclic) bond motifs is 1. The van der Waals surface area contributed by atoms with E-state index in [1.807, 2.05) is 29.2 Å². The predicted octanol–water partition coefficient (Wildman–Crippen LogP) is 2.85. The van der Waals surface area contributed by atoms with Crippen LogP contribution in [-0.2, 0) is 16.1 Å². The second-order valence-electron chi connectivity index (χ2n) is 6.81. The molecule has 1 saturated heterocycles. The molecule has 0 N–H and O–H groups in total. The first-order valence-corrected chi connectivity index (χ1v) is 8.90. The van der Waals surface area contributed by atoms with Gasteiger partial charge in [0, 0.05) is 24.7 Å². The molecule has 0 spiro atoms. The average molecular weight is 358 g/mol. The van der Waals surface area contributed by atoms with E-state index >= 15 is 0 Å². The molecule has 1 aromatic carbocycles. The third kappa shape index (κ3) is 3.67. The van der Waals surface area contributed by atoms with Gasteiger partial charge in [-0.1, -0.05) is 12.1 Å². The summed E-state index contributed by atoms with van der Waals surface area (Å²) < 4.78 is 21.6. The van der Waals surface area contributed by atoms with Gasteiger partial charge in [-0.3, -0.25) is 4.79 Å². The molecule has 0 aliphatic carbocycles. The first-order chi connectivity index (χ1) is 12.7. The Balaban J connectivity index is 1.29. The van der Waals surface area contributed by atoms with Crippen molar-refractivity contribution in [1.82, 2.24) is 10.1 Å². The highest BCUT2D eigenvalue weighted by molar-refractivity contribution is 5.77. The van der Waals surface area contributed by atoms with Crippen molar-refractivity contribution in [3.05, 3.63) is 30.0 Å². The van der Waals surface area contributed by atoms with E-state index in [9.17, 15) is 4.79 Å². The minimum atomic E-state index is 0.0383. The zero-order valence-corrected chi connectivity index (χ0v) is 14.8. The van der Waals surface area contributed by atoms with Gasteiger partial charge in [0.05, 0.1) is 6.61 Å². The van der Waals surface area contributed by atoms with Gasteiger partial charge in [-0.05, 0) is 37.0 Å². The molecular weight excluding hydrogens is 336 g/mol. The molecule has 3 heterocycles. The second-order valence-corrected chi connectivity index (χ2v) is 6.81. The van der Waals surface area contributed by atoms with E-state index in [4.69, 9.17) is 18.7 Å². The van der Waals surface area contributed by atoms with Gasteiger partial charge in [0.2, 0.25) is 12.7 Å². The molecule has 4 rings (SSSR count). The third-order valence-electron chi connectivity index (χ3n) is 4.83. The number of ether oxygens (including phenoxy) is 3. The van der Waals surface area contributed by atoms with Crippen molar-refractivity contribution >= 4 is 5.91 Å². The van der Waals surface area contributed by atoms with Crippen LogP contribution < -0.4 is 9.47 Å². The Bertz CT molecular complexity index is 780. The normalized spacial score (nSPS) is 16.9. The molecule has 2 aliphatic heterocycles. The van der Waals surface area contributed by atoms with Crippen LogP contribution in [0.25, 0.3) is 11.3 Å². The van der Waals surface area contributed by atoms with Crippen LogP contribution in [0, 0.1) is 5.92 Å². The summed E-state index contributed by atoms with van der Waals surface area (Å²) in [5, 5.41) is 4.01. The maximum Gasteiger partial charge on any atom is 0.248 e. The Kier molecular flexibility index (Phi) is 4.79. The number of nitrogens with zero attached hydrogens (tertiary/aromatic N) is 2. The lowest BCUT2D eigenvalue weighted by molar-refractivity contribution is -0.137. The van der Waals surface area contributed by atoms with Crippen molar-refractivity contribution < 1.29 is 23.5 Å². The molecule has 0 atom stereocenters. The van der Waals surface area contributed by atoms with E-state index in [-0.39, 0.29) is 25.9 Å². The van der Waals surface area contributed by atoms with Crippen LogP contribution in [0.5, 0.6) is 11.5 Å². The van der Waals surface area contributed by atoms with E-state index in [1.165, 1.54) is 0 Å². The summed E-state index contributed by atoms with van der Waals surface area (Å²) in [7, 11) is 0. The summed E-state index contributed by atoms with van der Waals surface area (Å²) in [4.78, 5) is 14.0. The Morgan fingerprint density at radius 2 is 2.04 bits per heavy atom. The van der Waals surface area contributed by atoms with Gasteiger partial charge in [0.25, 0.3) is 0 Å². The molecule has 0 radical (unpaired) electrons. The van der Waals surface area contributed by atoms with Crippen molar-refractivity contribution in [2.75, 3.05) is 26.5 Å². The van der Waals surface area contributed by atoms with Crippen molar-refractivity contribution in [2.45, 2.75) is 26.4 Å². The first kappa shape index (κ1) is 16.9. The van der Waals surface area contributed by atoms with Crippen molar-refractivity contribution in [2.24, 2.45) is 5.92 Å². The van der Waals surface area contributed by atoms with Gasteiger partial charge in [-0.15, -0.1) is 0 Å². The van der Waals surface area contributed by atoms with Crippen LogP contribution in [0.4, 0.5) is 0 Å². The molecule has 2 aromatic rings. The molecule has 7 heteroatoms. The number of hydrogen-bond acceptors (Lipinski definition) is 6. The molecule has 1 amide bonds. The Hall–Kier alpha value is -2.54. The molecule has 26 heavy (non-hydrogen) atoms.